The van der Waals surface area contributed by atoms with Gasteiger partial charge in [0.1, 0.15) is 12.1 Å². The zero-order chi connectivity index (χ0) is 17.3. The number of nitrogens with one attached hydrogen (secondary N) is 1. The molecule has 0 amide bonds. The number of halogens is 1. The fraction of sp³-hybridized carbons (Fsp3) is 0.333. The predicted molar refractivity (Wildman–Crippen MR) is 92.0 cm³/mol. The van der Waals surface area contributed by atoms with E-state index in [4.69, 9.17) is 4.74 Å². The van der Waals surface area contributed by atoms with E-state index >= 15 is 0 Å². The molecule has 3 heterocycles. The van der Waals surface area contributed by atoms with Gasteiger partial charge in [0.05, 0.1) is 16.4 Å². The average Bonchev–Trinajstić information content (AvgIpc) is 3.04. The zero-order valence-corrected chi connectivity index (χ0v) is 15.1. The Morgan fingerprint density at radius 1 is 1.42 bits per heavy atom. The maximum Gasteiger partial charge on any atom is 0.328 e. The molecule has 0 aliphatic rings. The molecule has 0 aliphatic carbocycles. The monoisotopic (exact) mass is 392 g/mol. The van der Waals surface area contributed by atoms with Crippen LogP contribution in [0.5, 0.6) is 0 Å². The van der Waals surface area contributed by atoms with Crippen LogP contribution in [0.25, 0.3) is 5.65 Å². The quantitative estimate of drug-likeness (QED) is 0.686. The normalized spacial score (nSPS) is 11.7. The van der Waals surface area contributed by atoms with Gasteiger partial charge in [-0.15, -0.1) is 5.10 Å². The first-order chi connectivity index (χ1) is 11.3. The van der Waals surface area contributed by atoms with Gasteiger partial charge in [-0.05, 0) is 48.8 Å². The first-order valence-corrected chi connectivity index (χ1v) is 8.12. The molecule has 0 saturated heterocycles. The molecule has 0 radical (unpaired) electrons. The van der Waals surface area contributed by atoms with Crippen molar-refractivity contribution in [2.45, 2.75) is 32.9 Å². The predicted octanol–water partition coefficient (Wildman–Crippen LogP) is 2.77. The van der Waals surface area contributed by atoms with Gasteiger partial charge in [-0.3, -0.25) is 9.48 Å². The highest BCUT2D eigenvalue weighted by Gasteiger charge is 2.17. The number of pyridine rings is 1. The average molecular weight is 393 g/mol. The molecule has 126 valence electrons. The summed E-state index contributed by atoms with van der Waals surface area (Å²) in [6.07, 6.45) is 5.11. The van der Waals surface area contributed by atoms with Gasteiger partial charge in [0.15, 0.2) is 5.65 Å². The number of rotatable bonds is 4. The highest BCUT2D eigenvalue weighted by Crippen LogP contribution is 2.19. The lowest BCUT2D eigenvalue weighted by molar-refractivity contribution is -0.155. The van der Waals surface area contributed by atoms with Crippen LogP contribution in [0.1, 0.15) is 20.8 Å². The summed E-state index contributed by atoms with van der Waals surface area (Å²) in [6, 6.07) is 3.76. The van der Waals surface area contributed by atoms with Crippen LogP contribution in [-0.4, -0.2) is 35.9 Å². The van der Waals surface area contributed by atoms with Gasteiger partial charge >= 0.3 is 5.97 Å². The van der Waals surface area contributed by atoms with Crippen LogP contribution >= 0.6 is 15.9 Å². The van der Waals surface area contributed by atoms with Gasteiger partial charge in [0.25, 0.3) is 0 Å². The van der Waals surface area contributed by atoms with E-state index in [1.807, 2.05) is 39.1 Å². The number of hydrogen-bond acceptors (Lipinski definition) is 6. The largest absolute Gasteiger partial charge is 0.459 e. The van der Waals surface area contributed by atoms with E-state index in [1.54, 1.807) is 16.9 Å². The summed E-state index contributed by atoms with van der Waals surface area (Å²) in [5, 5.41) is 11.5. The Labute approximate surface area is 147 Å². The van der Waals surface area contributed by atoms with E-state index < -0.39 is 5.60 Å². The molecular formula is C15H17BrN6O2. The molecule has 3 aromatic rings. The number of ether oxygens (including phenoxy) is 1. The Hall–Kier alpha value is -2.42. The first kappa shape index (κ1) is 16.4. The molecule has 24 heavy (non-hydrogen) atoms. The molecule has 0 aliphatic heterocycles. The third-order valence-corrected chi connectivity index (χ3v) is 3.53. The maximum atomic E-state index is 11.8. The van der Waals surface area contributed by atoms with Crippen molar-refractivity contribution >= 4 is 39.2 Å². The lowest BCUT2D eigenvalue weighted by Crippen LogP contribution is -2.26. The molecule has 0 atom stereocenters. The fourth-order valence-electron chi connectivity index (χ4n) is 2.08. The third kappa shape index (κ3) is 3.91. The van der Waals surface area contributed by atoms with Gasteiger partial charge in [-0.25, -0.2) is 4.52 Å². The number of hydrogen-bond donors (Lipinski definition) is 1. The van der Waals surface area contributed by atoms with Crippen molar-refractivity contribution in [3.63, 3.8) is 0 Å². The van der Waals surface area contributed by atoms with Gasteiger partial charge < -0.3 is 10.1 Å². The van der Waals surface area contributed by atoms with Crippen molar-refractivity contribution in [1.29, 1.82) is 0 Å². The number of aromatic nitrogens is 5. The summed E-state index contributed by atoms with van der Waals surface area (Å²) in [6.45, 7) is 5.53. The van der Waals surface area contributed by atoms with Gasteiger partial charge in [0.2, 0.25) is 5.95 Å². The maximum absolute atomic E-state index is 11.8. The Morgan fingerprint density at radius 3 is 2.92 bits per heavy atom. The van der Waals surface area contributed by atoms with Crippen molar-refractivity contribution < 1.29 is 9.53 Å². The van der Waals surface area contributed by atoms with Crippen molar-refractivity contribution in [1.82, 2.24) is 24.4 Å². The number of anilines is 2. The molecule has 9 heteroatoms. The number of nitrogens with zero attached hydrogens (tertiary/aromatic N) is 5. The van der Waals surface area contributed by atoms with Gasteiger partial charge in [-0.2, -0.15) is 10.1 Å². The highest BCUT2D eigenvalue weighted by molar-refractivity contribution is 9.10. The van der Waals surface area contributed by atoms with Crippen LogP contribution in [0.3, 0.4) is 0 Å². The van der Waals surface area contributed by atoms with E-state index in [2.05, 4.69) is 36.4 Å². The number of carbonyl (C=O) groups is 1. The Bertz CT molecular complexity index is 880. The Balaban J connectivity index is 1.69. The summed E-state index contributed by atoms with van der Waals surface area (Å²) in [5.41, 5.74) is 0.880. The zero-order valence-electron chi connectivity index (χ0n) is 13.5. The lowest BCUT2D eigenvalue weighted by atomic mass is 10.2. The van der Waals surface area contributed by atoms with Crippen molar-refractivity contribution in [2.24, 2.45) is 0 Å². The molecule has 0 aromatic carbocycles. The van der Waals surface area contributed by atoms with Crippen molar-refractivity contribution in [2.75, 3.05) is 5.32 Å². The molecular weight excluding hydrogens is 376 g/mol. The van der Waals surface area contributed by atoms with Gasteiger partial charge in [0, 0.05) is 12.4 Å². The highest BCUT2D eigenvalue weighted by atomic mass is 79.9. The van der Waals surface area contributed by atoms with Crippen LogP contribution in [0.4, 0.5) is 11.6 Å². The summed E-state index contributed by atoms with van der Waals surface area (Å²) in [5.74, 6) is 0.102. The Morgan fingerprint density at radius 2 is 2.21 bits per heavy atom. The summed E-state index contributed by atoms with van der Waals surface area (Å²) in [4.78, 5) is 16.2. The molecule has 1 N–H and O–H groups in total. The van der Waals surface area contributed by atoms with E-state index in [-0.39, 0.29) is 12.5 Å². The summed E-state index contributed by atoms with van der Waals surface area (Å²) >= 11 is 3.43. The topological polar surface area (TPSA) is 86.3 Å². The SMILES string of the molecule is CC(C)(C)OC(=O)Cn1cc(Nc2nc3c(Br)cccn3n2)cn1. The van der Waals surface area contributed by atoms with E-state index in [0.29, 0.717) is 17.3 Å². The number of esters is 1. The molecule has 0 fully saturated rings. The molecule has 3 rings (SSSR count). The van der Waals surface area contributed by atoms with Crippen molar-refractivity contribution in [3.8, 4) is 0 Å². The third-order valence-electron chi connectivity index (χ3n) is 2.92. The number of carbonyl (C=O) groups excluding carboxylic acids is 1. The second kappa shape index (κ2) is 6.23. The lowest BCUT2D eigenvalue weighted by Gasteiger charge is -2.19. The Kier molecular flexibility index (Phi) is 4.27. The van der Waals surface area contributed by atoms with Crippen LogP contribution in [0.2, 0.25) is 0 Å². The van der Waals surface area contributed by atoms with Crippen LogP contribution in [0.15, 0.2) is 35.2 Å². The van der Waals surface area contributed by atoms with Crippen molar-refractivity contribution in [3.05, 3.63) is 35.2 Å². The minimum Gasteiger partial charge on any atom is -0.459 e. The molecule has 0 saturated carbocycles. The standard InChI is InChI=1S/C15H17BrN6O2/c1-15(2,3)24-12(23)9-21-8-10(7-17-21)18-14-19-13-11(16)5-4-6-22(13)20-14/h4-8H,9H2,1-3H3,(H,18,20). The van der Waals surface area contributed by atoms with E-state index in [1.165, 1.54) is 4.68 Å². The fourth-order valence-corrected chi connectivity index (χ4v) is 2.50. The smallest absolute Gasteiger partial charge is 0.328 e. The van der Waals surface area contributed by atoms with Crippen LogP contribution in [-0.2, 0) is 16.1 Å². The molecule has 8 nitrogen and oxygen atoms in total. The molecule has 0 unspecified atom stereocenters. The van der Waals surface area contributed by atoms with E-state index in [9.17, 15) is 4.79 Å². The minimum atomic E-state index is -0.515. The van der Waals surface area contributed by atoms with Gasteiger partial charge in [-0.1, -0.05) is 0 Å². The number of fused-ring (bicyclic) bond motifs is 1. The van der Waals surface area contributed by atoms with Crippen LogP contribution < -0.4 is 5.32 Å². The first-order valence-electron chi connectivity index (χ1n) is 7.32. The molecule has 0 bridgehead atoms. The van der Waals surface area contributed by atoms with E-state index in [0.717, 1.165) is 4.47 Å². The summed E-state index contributed by atoms with van der Waals surface area (Å²) < 4.78 is 9.29. The minimum absolute atomic E-state index is 0.0447. The second-order valence-electron chi connectivity index (χ2n) is 6.20. The molecule has 3 aromatic heterocycles. The van der Waals surface area contributed by atoms with Crippen LogP contribution in [0, 0.1) is 0 Å². The summed E-state index contributed by atoms with van der Waals surface area (Å²) in [7, 11) is 0. The molecule has 0 spiro atoms. The second-order valence-corrected chi connectivity index (χ2v) is 7.05.